The van der Waals surface area contributed by atoms with E-state index in [0.717, 1.165) is 0 Å². The van der Waals surface area contributed by atoms with E-state index in [1.807, 2.05) is 13.0 Å². The quantitative estimate of drug-likeness (QED) is 0.786. The summed E-state index contributed by atoms with van der Waals surface area (Å²) in [6, 6.07) is 5.40. The minimum absolute atomic E-state index is 0.198. The standard InChI is InChI=1S/C12H10BrClN6O/c1-2-21-11-9(13)3-8(14)4-10(11)16-6-7(5-15)12-17-19-20-18-12/h3-4,6,16H,2H2,1H3,(H,17,18,19,20). The third-order valence-electron chi connectivity index (χ3n) is 2.38. The predicted molar refractivity (Wildman–Crippen MR) is 81.7 cm³/mol. The Morgan fingerprint density at radius 1 is 1.62 bits per heavy atom. The van der Waals surface area contributed by atoms with Gasteiger partial charge in [-0.3, -0.25) is 0 Å². The first kappa shape index (κ1) is 15.3. The Morgan fingerprint density at radius 2 is 2.43 bits per heavy atom. The Balaban J connectivity index is 2.33. The van der Waals surface area contributed by atoms with Gasteiger partial charge in [0.1, 0.15) is 11.6 Å². The van der Waals surface area contributed by atoms with E-state index in [1.165, 1.54) is 6.20 Å². The van der Waals surface area contributed by atoms with Crippen LogP contribution >= 0.6 is 27.5 Å². The summed E-state index contributed by atoms with van der Waals surface area (Å²) in [6.45, 7) is 2.37. The van der Waals surface area contributed by atoms with Gasteiger partial charge in [-0.15, -0.1) is 10.2 Å². The van der Waals surface area contributed by atoms with Crippen LogP contribution in [0.5, 0.6) is 5.75 Å². The Kier molecular flexibility index (Phi) is 5.14. The second kappa shape index (κ2) is 7.06. The lowest BCUT2D eigenvalue weighted by Gasteiger charge is -2.12. The summed E-state index contributed by atoms with van der Waals surface area (Å²) >= 11 is 9.41. The number of tetrazole rings is 1. The summed E-state index contributed by atoms with van der Waals surface area (Å²) in [6.07, 6.45) is 1.46. The highest BCUT2D eigenvalue weighted by molar-refractivity contribution is 9.10. The Labute approximate surface area is 134 Å². The summed E-state index contributed by atoms with van der Waals surface area (Å²) in [5, 5.41) is 25.8. The summed E-state index contributed by atoms with van der Waals surface area (Å²) in [4.78, 5) is 0. The normalized spacial score (nSPS) is 11.0. The molecule has 2 rings (SSSR count). The molecule has 0 fully saturated rings. The monoisotopic (exact) mass is 368 g/mol. The molecule has 0 radical (unpaired) electrons. The number of hydrogen-bond donors (Lipinski definition) is 2. The lowest BCUT2D eigenvalue weighted by molar-refractivity contribution is 0.340. The number of ether oxygens (including phenoxy) is 1. The molecule has 1 aromatic carbocycles. The number of hydrogen-bond acceptors (Lipinski definition) is 6. The molecule has 108 valence electrons. The van der Waals surface area contributed by atoms with E-state index in [-0.39, 0.29) is 11.4 Å². The maximum Gasteiger partial charge on any atom is 0.216 e. The molecule has 2 aromatic rings. The van der Waals surface area contributed by atoms with Crippen LogP contribution in [0.1, 0.15) is 12.7 Å². The topological polar surface area (TPSA) is 99.5 Å². The molecule has 0 saturated heterocycles. The van der Waals surface area contributed by atoms with Crippen LogP contribution in [-0.2, 0) is 0 Å². The lowest BCUT2D eigenvalue weighted by atomic mass is 10.2. The van der Waals surface area contributed by atoms with E-state index in [1.54, 1.807) is 12.1 Å². The van der Waals surface area contributed by atoms with Crippen molar-refractivity contribution in [2.75, 3.05) is 11.9 Å². The minimum Gasteiger partial charge on any atom is -0.491 e. The number of nitrogens with zero attached hydrogens (tertiary/aromatic N) is 4. The first-order chi connectivity index (χ1) is 10.2. The van der Waals surface area contributed by atoms with Crippen molar-refractivity contribution >= 4 is 38.8 Å². The molecule has 21 heavy (non-hydrogen) atoms. The second-order valence-corrected chi connectivity index (χ2v) is 5.04. The molecular formula is C12H10BrClN6O. The molecule has 7 nitrogen and oxygen atoms in total. The van der Waals surface area contributed by atoms with Gasteiger partial charge in [0, 0.05) is 11.2 Å². The van der Waals surface area contributed by atoms with Gasteiger partial charge in [0.25, 0.3) is 0 Å². The second-order valence-electron chi connectivity index (χ2n) is 3.75. The fourth-order valence-electron chi connectivity index (χ4n) is 1.53. The Morgan fingerprint density at radius 3 is 3.05 bits per heavy atom. The van der Waals surface area contributed by atoms with Gasteiger partial charge in [0.15, 0.2) is 5.75 Å². The van der Waals surface area contributed by atoms with Crippen LogP contribution in [0.2, 0.25) is 5.02 Å². The maximum atomic E-state index is 9.11. The highest BCUT2D eigenvalue weighted by Crippen LogP contribution is 2.36. The van der Waals surface area contributed by atoms with Crippen LogP contribution in [0.3, 0.4) is 0 Å². The van der Waals surface area contributed by atoms with Crippen LogP contribution in [0, 0.1) is 11.3 Å². The number of benzene rings is 1. The molecule has 2 N–H and O–H groups in total. The maximum absolute atomic E-state index is 9.11. The highest BCUT2D eigenvalue weighted by Gasteiger charge is 2.11. The van der Waals surface area contributed by atoms with Crippen LogP contribution in [-0.4, -0.2) is 27.2 Å². The largest absolute Gasteiger partial charge is 0.491 e. The first-order valence-electron chi connectivity index (χ1n) is 5.88. The number of rotatable bonds is 5. The van der Waals surface area contributed by atoms with Crippen molar-refractivity contribution in [2.24, 2.45) is 0 Å². The minimum atomic E-state index is 0.198. The summed E-state index contributed by atoms with van der Waals surface area (Å²) in [7, 11) is 0. The molecule has 0 aliphatic rings. The number of allylic oxidation sites excluding steroid dienone is 1. The van der Waals surface area contributed by atoms with Gasteiger partial charge in [-0.1, -0.05) is 11.6 Å². The van der Waals surface area contributed by atoms with Crippen LogP contribution in [0.25, 0.3) is 5.57 Å². The molecular weight excluding hydrogens is 360 g/mol. The van der Waals surface area contributed by atoms with Gasteiger partial charge in [-0.05, 0) is 40.2 Å². The van der Waals surface area contributed by atoms with Gasteiger partial charge in [-0.2, -0.15) is 10.5 Å². The fourth-order valence-corrected chi connectivity index (χ4v) is 2.46. The van der Waals surface area contributed by atoms with Crippen LogP contribution in [0.15, 0.2) is 22.8 Å². The van der Waals surface area contributed by atoms with Gasteiger partial charge < -0.3 is 10.1 Å². The molecule has 9 heteroatoms. The van der Waals surface area contributed by atoms with E-state index in [0.29, 0.717) is 27.5 Å². The third-order valence-corrected chi connectivity index (χ3v) is 3.18. The van der Waals surface area contributed by atoms with E-state index < -0.39 is 0 Å². The summed E-state index contributed by atoms with van der Waals surface area (Å²) in [5.41, 5.74) is 0.842. The van der Waals surface area contributed by atoms with Crippen molar-refractivity contribution < 1.29 is 4.74 Å². The van der Waals surface area contributed by atoms with Crippen molar-refractivity contribution in [1.82, 2.24) is 20.6 Å². The predicted octanol–water partition coefficient (Wildman–Crippen LogP) is 2.99. The molecule has 0 saturated carbocycles. The molecule has 0 spiro atoms. The zero-order valence-electron chi connectivity index (χ0n) is 10.9. The van der Waals surface area contributed by atoms with E-state index >= 15 is 0 Å². The van der Waals surface area contributed by atoms with E-state index in [9.17, 15) is 0 Å². The first-order valence-corrected chi connectivity index (χ1v) is 7.05. The fraction of sp³-hybridized carbons (Fsp3) is 0.167. The molecule has 0 bridgehead atoms. The smallest absolute Gasteiger partial charge is 0.216 e. The van der Waals surface area contributed by atoms with E-state index in [4.69, 9.17) is 21.6 Å². The number of halogens is 2. The molecule has 1 aromatic heterocycles. The molecule has 0 aliphatic carbocycles. The van der Waals surface area contributed by atoms with Gasteiger partial charge in [0.05, 0.1) is 16.8 Å². The van der Waals surface area contributed by atoms with Gasteiger partial charge in [-0.25, -0.2) is 0 Å². The van der Waals surface area contributed by atoms with Crippen molar-refractivity contribution in [3.63, 3.8) is 0 Å². The zero-order valence-corrected chi connectivity index (χ0v) is 13.2. The average Bonchev–Trinajstić information content (AvgIpc) is 2.97. The van der Waals surface area contributed by atoms with Crippen LogP contribution < -0.4 is 10.1 Å². The lowest BCUT2D eigenvalue weighted by Crippen LogP contribution is -1.99. The number of aromatic nitrogens is 4. The third kappa shape index (κ3) is 3.71. The SMILES string of the molecule is CCOc1c(Br)cc(Cl)cc1NC=C(C#N)c1nn[nH]n1. The Bertz CT molecular complexity index is 695. The van der Waals surface area contributed by atoms with Gasteiger partial charge >= 0.3 is 0 Å². The number of aromatic amines is 1. The van der Waals surface area contributed by atoms with Crippen LogP contribution in [0.4, 0.5) is 5.69 Å². The summed E-state index contributed by atoms with van der Waals surface area (Å²) < 4.78 is 6.26. The average molecular weight is 370 g/mol. The van der Waals surface area contributed by atoms with E-state index in [2.05, 4.69) is 41.9 Å². The number of H-pyrrole nitrogens is 1. The van der Waals surface area contributed by atoms with Crippen molar-refractivity contribution in [3.8, 4) is 11.8 Å². The number of nitriles is 1. The highest BCUT2D eigenvalue weighted by atomic mass is 79.9. The summed E-state index contributed by atoms with van der Waals surface area (Å²) in [5.74, 6) is 0.799. The zero-order chi connectivity index (χ0) is 15.2. The number of anilines is 1. The molecule has 0 aliphatic heterocycles. The Hall–Kier alpha value is -2.11. The van der Waals surface area contributed by atoms with Crippen molar-refractivity contribution in [2.45, 2.75) is 6.92 Å². The molecule has 0 unspecified atom stereocenters. The van der Waals surface area contributed by atoms with Crippen molar-refractivity contribution in [3.05, 3.63) is 33.7 Å². The molecule has 1 heterocycles. The molecule has 0 atom stereocenters. The van der Waals surface area contributed by atoms with Crippen molar-refractivity contribution in [1.29, 1.82) is 5.26 Å². The molecule has 0 amide bonds. The van der Waals surface area contributed by atoms with Gasteiger partial charge in [0.2, 0.25) is 5.82 Å². The number of nitrogens with one attached hydrogen (secondary N) is 2.